The van der Waals surface area contributed by atoms with E-state index in [1.165, 1.54) is 0 Å². The molecule has 0 aliphatic rings. The Kier molecular flexibility index (Phi) is 4.80. The summed E-state index contributed by atoms with van der Waals surface area (Å²) in [5.74, 6) is 2.45. The average Bonchev–Trinajstić information content (AvgIpc) is 3.37. The van der Waals surface area contributed by atoms with Gasteiger partial charge in [0.05, 0.1) is 26.3 Å². The van der Waals surface area contributed by atoms with Crippen molar-refractivity contribution in [1.29, 1.82) is 0 Å². The van der Waals surface area contributed by atoms with Crippen LogP contribution in [-0.4, -0.2) is 34.1 Å². The molecule has 0 spiro atoms. The van der Waals surface area contributed by atoms with Crippen LogP contribution in [0.4, 0.5) is 0 Å². The van der Waals surface area contributed by atoms with Gasteiger partial charge < -0.3 is 14.0 Å². The van der Waals surface area contributed by atoms with Crippen molar-refractivity contribution in [1.82, 2.24) is 19.9 Å². The van der Waals surface area contributed by atoms with Gasteiger partial charge in [-0.1, -0.05) is 29.4 Å². The van der Waals surface area contributed by atoms with E-state index in [4.69, 9.17) is 14.0 Å². The Bertz CT molecular complexity index is 1100. The first-order valence-electron chi connectivity index (χ1n) is 8.80. The van der Waals surface area contributed by atoms with E-state index in [2.05, 4.69) is 15.2 Å². The molecule has 2 aromatic carbocycles. The first-order valence-corrected chi connectivity index (χ1v) is 8.80. The van der Waals surface area contributed by atoms with Gasteiger partial charge in [0.1, 0.15) is 0 Å². The monoisotopic (exact) mass is 376 g/mol. The Morgan fingerprint density at radius 3 is 2.54 bits per heavy atom. The molecule has 2 aromatic heterocycles. The molecule has 0 aliphatic carbocycles. The molecule has 7 nitrogen and oxygen atoms in total. The lowest BCUT2D eigenvalue weighted by molar-refractivity contribution is 0.354. The minimum absolute atomic E-state index is 0.509. The molecule has 0 radical (unpaired) electrons. The number of nitrogens with zero attached hydrogens (tertiary/aromatic N) is 4. The SMILES string of the molecule is COc1ccc(Cc2nc(-c3cccc(-c4ccnn4C)c3)no2)cc1OC. The zero-order valence-corrected chi connectivity index (χ0v) is 15.9. The summed E-state index contributed by atoms with van der Waals surface area (Å²) in [6.07, 6.45) is 2.28. The van der Waals surface area contributed by atoms with E-state index in [0.29, 0.717) is 29.6 Å². The zero-order chi connectivity index (χ0) is 19.5. The quantitative estimate of drug-likeness (QED) is 0.510. The third-order valence-electron chi connectivity index (χ3n) is 4.51. The van der Waals surface area contributed by atoms with Crippen LogP contribution >= 0.6 is 0 Å². The summed E-state index contributed by atoms with van der Waals surface area (Å²) in [5, 5.41) is 8.36. The van der Waals surface area contributed by atoms with Crippen molar-refractivity contribution < 1.29 is 14.0 Å². The van der Waals surface area contributed by atoms with Gasteiger partial charge in [-0.25, -0.2) is 0 Å². The summed E-state index contributed by atoms with van der Waals surface area (Å²) in [6, 6.07) is 15.7. The van der Waals surface area contributed by atoms with Gasteiger partial charge in [-0.05, 0) is 29.8 Å². The fourth-order valence-corrected chi connectivity index (χ4v) is 3.08. The Hall–Kier alpha value is -3.61. The van der Waals surface area contributed by atoms with Crippen LogP contribution in [0.5, 0.6) is 11.5 Å². The number of aromatic nitrogens is 4. The summed E-state index contributed by atoms with van der Waals surface area (Å²) >= 11 is 0. The Labute approximate surface area is 162 Å². The van der Waals surface area contributed by atoms with E-state index in [1.807, 2.05) is 60.3 Å². The lowest BCUT2D eigenvalue weighted by Gasteiger charge is -2.08. The van der Waals surface area contributed by atoms with Gasteiger partial charge in [0.15, 0.2) is 11.5 Å². The van der Waals surface area contributed by atoms with Gasteiger partial charge in [0.2, 0.25) is 11.7 Å². The summed E-state index contributed by atoms with van der Waals surface area (Å²) in [5.41, 5.74) is 3.96. The maximum absolute atomic E-state index is 5.46. The summed E-state index contributed by atoms with van der Waals surface area (Å²) in [6.45, 7) is 0. The molecule has 0 saturated carbocycles. The van der Waals surface area contributed by atoms with Crippen molar-refractivity contribution >= 4 is 0 Å². The molecule has 0 unspecified atom stereocenters. The molecule has 7 heteroatoms. The van der Waals surface area contributed by atoms with Crippen molar-refractivity contribution in [3.63, 3.8) is 0 Å². The van der Waals surface area contributed by atoms with Gasteiger partial charge in [0, 0.05) is 24.4 Å². The molecule has 0 N–H and O–H groups in total. The van der Waals surface area contributed by atoms with Crippen LogP contribution in [0.3, 0.4) is 0 Å². The highest BCUT2D eigenvalue weighted by atomic mass is 16.5. The second kappa shape index (κ2) is 7.56. The van der Waals surface area contributed by atoms with E-state index in [0.717, 1.165) is 22.4 Å². The van der Waals surface area contributed by atoms with Gasteiger partial charge in [0.25, 0.3) is 0 Å². The molecule has 142 valence electrons. The molecule has 0 amide bonds. The highest BCUT2D eigenvalue weighted by Crippen LogP contribution is 2.29. The van der Waals surface area contributed by atoms with Crippen molar-refractivity contribution in [2.24, 2.45) is 7.05 Å². The molecule has 4 rings (SSSR count). The van der Waals surface area contributed by atoms with E-state index in [1.54, 1.807) is 20.4 Å². The molecule has 2 heterocycles. The van der Waals surface area contributed by atoms with Crippen LogP contribution in [0.1, 0.15) is 11.5 Å². The van der Waals surface area contributed by atoms with Crippen molar-refractivity contribution in [2.75, 3.05) is 14.2 Å². The molecular formula is C21H20N4O3. The van der Waals surface area contributed by atoms with Gasteiger partial charge in [-0.15, -0.1) is 0 Å². The van der Waals surface area contributed by atoms with E-state index < -0.39 is 0 Å². The van der Waals surface area contributed by atoms with Crippen molar-refractivity contribution in [3.8, 4) is 34.1 Å². The predicted octanol–water partition coefficient (Wildman–Crippen LogP) is 3.75. The summed E-state index contributed by atoms with van der Waals surface area (Å²) in [4.78, 5) is 4.55. The normalized spacial score (nSPS) is 10.8. The average molecular weight is 376 g/mol. The molecule has 0 saturated heterocycles. The van der Waals surface area contributed by atoms with Crippen LogP contribution in [0.25, 0.3) is 22.6 Å². The first-order chi connectivity index (χ1) is 13.7. The number of aryl methyl sites for hydroxylation is 1. The Morgan fingerprint density at radius 2 is 1.79 bits per heavy atom. The number of hydrogen-bond acceptors (Lipinski definition) is 6. The second-order valence-electron chi connectivity index (χ2n) is 6.30. The number of methoxy groups -OCH3 is 2. The van der Waals surface area contributed by atoms with Crippen molar-refractivity contribution in [2.45, 2.75) is 6.42 Å². The fourth-order valence-electron chi connectivity index (χ4n) is 3.08. The summed E-state index contributed by atoms with van der Waals surface area (Å²) in [7, 11) is 5.14. The third kappa shape index (κ3) is 3.46. The van der Waals surface area contributed by atoms with Crippen LogP contribution in [0, 0.1) is 0 Å². The van der Waals surface area contributed by atoms with Crippen LogP contribution in [-0.2, 0) is 13.5 Å². The number of hydrogen-bond donors (Lipinski definition) is 0. The molecule has 0 aliphatic heterocycles. The fraction of sp³-hybridized carbons (Fsp3) is 0.190. The molecule has 0 bridgehead atoms. The highest BCUT2D eigenvalue weighted by molar-refractivity contribution is 5.67. The maximum atomic E-state index is 5.46. The Balaban J connectivity index is 1.58. The maximum Gasteiger partial charge on any atom is 0.231 e. The van der Waals surface area contributed by atoms with Crippen LogP contribution in [0.15, 0.2) is 59.3 Å². The van der Waals surface area contributed by atoms with Crippen LogP contribution in [0.2, 0.25) is 0 Å². The zero-order valence-electron chi connectivity index (χ0n) is 15.9. The van der Waals surface area contributed by atoms with Gasteiger partial charge >= 0.3 is 0 Å². The smallest absolute Gasteiger partial charge is 0.231 e. The van der Waals surface area contributed by atoms with E-state index in [9.17, 15) is 0 Å². The molecule has 0 atom stereocenters. The number of rotatable bonds is 6. The summed E-state index contributed by atoms with van der Waals surface area (Å²) < 4.78 is 17.9. The van der Waals surface area contributed by atoms with Crippen molar-refractivity contribution in [3.05, 3.63) is 66.2 Å². The number of ether oxygens (including phenoxy) is 2. The standard InChI is InChI=1S/C21H20N4O3/c1-25-17(9-10-22-25)15-5-4-6-16(13-15)21-23-20(28-24-21)12-14-7-8-18(26-2)19(11-14)27-3/h4-11,13H,12H2,1-3H3. The molecule has 0 fully saturated rings. The third-order valence-corrected chi connectivity index (χ3v) is 4.51. The highest BCUT2D eigenvalue weighted by Gasteiger charge is 2.13. The minimum Gasteiger partial charge on any atom is -0.493 e. The topological polar surface area (TPSA) is 75.2 Å². The predicted molar refractivity (Wildman–Crippen MR) is 104 cm³/mol. The minimum atomic E-state index is 0.509. The lowest BCUT2D eigenvalue weighted by atomic mass is 10.1. The Morgan fingerprint density at radius 1 is 0.964 bits per heavy atom. The van der Waals surface area contributed by atoms with Gasteiger partial charge in [-0.3, -0.25) is 4.68 Å². The van der Waals surface area contributed by atoms with Crippen LogP contribution < -0.4 is 9.47 Å². The lowest BCUT2D eigenvalue weighted by Crippen LogP contribution is -1.94. The first kappa shape index (κ1) is 17.8. The largest absolute Gasteiger partial charge is 0.493 e. The molecule has 4 aromatic rings. The van der Waals surface area contributed by atoms with E-state index in [-0.39, 0.29) is 0 Å². The van der Waals surface area contributed by atoms with Gasteiger partial charge in [-0.2, -0.15) is 10.1 Å². The van der Waals surface area contributed by atoms with E-state index >= 15 is 0 Å². The second-order valence-corrected chi connectivity index (χ2v) is 6.30. The molecular weight excluding hydrogens is 356 g/mol. The molecule has 28 heavy (non-hydrogen) atoms. The number of benzene rings is 2.